The molecule has 2 fully saturated rings. The number of carboxylic acid groups (broad SMARTS) is 1. The average molecular weight is 443 g/mol. The van der Waals surface area contributed by atoms with E-state index in [4.69, 9.17) is 9.84 Å². The zero-order valence-electron chi connectivity index (χ0n) is 17.8. The van der Waals surface area contributed by atoms with Crippen molar-refractivity contribution >= 4 is 23.1 Å². The van der Waals surface area contributed by atoms with Crippen molar-refractivity contribution in [2.75, 3.05) is 13.2 Å². The fourth-order valence-electron chi connectivity index (χ4n) is 4.73. The molecular weight excluding hydrogens is 412 g/mol. The van der Waals surface area contributed by atoms with Gasteiger partial charge in [-0.05, 0) is 61.8 Å². The van der Waals surface area contributed by atoms with E-state index >= 15 is 0 Å². The minimum absolute atomic E-state index is 0.0728. The van der Waals surface area contributed by atoms with E-state index in [-0.39, 0.29) is 12.2 Å². The first kappa shape index (κ1) is 22.1. The van der Waals surface area contributed by atoms with Crippen LogP contribution >= 0.6 is 11.3 Å². The molecule has 6 nitrogen and oxygen atoms in total. The Hall–Kier alpha value is -2.12. The number of ether oxygens (including phenoxy) is 1. The number of rotatable bonds is 9. The zero-order chi connectivity index (χ0) is 21.6. The SMILES string of the molecule is O=C(O)CC1CCC(c2ccc(C(=O)Cc3nnc(CCC4CCOC4)s3)cc2)CC1. The van der Waals surface area contributed by atoms with Gasteiger partial charge >= 0.3 is 5.97 Å². The van der Waals surface area contributed by atoms with Crippen LogP contribution in [-0.2, 0) is 22.4 Å². The summed E-state index contributed by atoms with van der Waals surface area (Å²) in [6.45, 7) is 1.72. The molecule has 7 heteroatoms. The molecule has 1 aliphatic carbocycles. The summed E-state index contributed by atoms with van der Waals surface area (Å²) in [5.41, 5.74) is 1.96. The molecule has 166 valence electrons. The Morgan fingerprint density at radius 2 is 1.74 bits per heavy atom. The molecule has 0 bridgehead atoms. The lowest BCUT2D eigenvalue weighted by Crippen LogP contribution is -2.16. The third-order valence-electron chi connectivity index (χ3n) is 6.63. The van der Waals surface area contributed by atoms with E-state index in [9.17, 15) is 9.59 Å². The highest BCUT2D eigenvalue weighted by atomic mass is 32.1. The van der Waals surface area contributed by atoms with Crippen molar-refractivity contribution in [3.05, 3.63) is 45.4 Å². The van der Waals surface area contributed by atoms with Crippen LogP contribution in [0.4, 0.5) is 0 Å². The monoisotopic (exact) mass is 442 g/mol. The Kier molecular flexibility index (Phi) is 7.45. The van der Waals surface area contributed by atoms with Gasteiger partial charge in [0.05, 0.1) is 6.42 Å². The largest absolute Gasteiger partial charge is 0.481 e. The van der Waals surface area contributed by atoms with Crippen molar-refractivity contribution in [2.45, 2.75) is 63.7 Å². The van der Waals surface area contributed by atoms with Crippen LogP contribution in [0.5, 0.6) is 0 Å². The van der Waals surface area contributed by atoms with Gasteiger partial charge in [-0.15, -0.1) is 21.5 Å². The van der Waals surface area contributed by atoms with Crippen molar-refractivity contribution in [1.82, 2.24) is 10.2 Å². The third-order valence-corrected chi connectivity index (χ3v) is 7.61. The molecule has 2 aliphatic rings. The number of carbonyl (C=O) groups is 2. The molecule has 2 aromatic rings. The molecule has 0 radical (unpaired) electrons. The van der Waals surface area contributed by atoms with E-state index in [1.165, 1.54) is 5.56 Å². The fraction of sp³-hybridized carbons (Fsp3) is 0.583. The molecule has 0 spiro atoms. The first-order valence-electron chi connectivity index (χ1n) is 11.3. The molecule has 1 aliphatic heterocycles. The maximum atomic E-state index is 12.7. The second kappa shape index (κ2) is 10.5. The summed E-state index contributed by atoms with van der Waals surface area (Å²) in [6, 6.07) is 7.96. The summed E-state index contributed by atoms with van der Waals surface area (Å²) in [4.78, 5) is 23.6. The van der Waals surface area contributed by atoms with E-state index in [0.717, 1.165) is 68.2 Å². The van der Waals surface area contributed by atoms with Crippen LogP contribution in [0.1, 0.15) is 76.8 Å². The molecule has 0 amide bonds. The lowest BCUT2D eigenvalue weighted by molar-refractivity contribution is -0.138. The first-order valence-corrected chi connectivity index (χ1v) is 12.1. The highest BCUT2D eigenvalue weighted by Crippen LogP contribution is 2.37. The second-order valence-corrected chi connectivity index (χ2v) is 10.0. The summed E-state index contributed by atoms with van der Waals surface area (Å²) in [5, 5.41) is 19.2. The number of hydrogen-bond acceptors (Lipinski definition) is 6. The molecule has 1 N–H and O–H groups in total. The molecule has 1 saturated carbocycles. The van der Waals surface area contributed by atoms with Gasteiger partial charge in [-0.1, -0.05) is 24.3 Å². The van der Waals surface area contributed by atoms with Crippen LogP contribution in [0, 0.1) is 11.8 Å². The van der Waals surface area contributed by atoms with Gasteiger partial charge in [0.1, 0.15) is 10.0 Å². The predicted octanol–water partition coefficient (Wildman–Crippen LogP) is 4.68. The van der Waals surface area contributed by atoms with Crippen LogP contribution in [0.2, 0.25) is 0 Å². The lowest BCUT2D eigenvalue weighted by atomic mass is 9.77. The van der Waals surface area contributed by atoms with Crippen LogP contribution in [0.15, 0.2) is 24.3 Å². The van der Waals surface area contributed by atoms with Gasteiger partial charge in [-0.2, -0.15) is 0 Å². The standard InChI is InChI=1S/C24H30N2O4S/c27-21(14-23-26-25-22(31-23)10-3-17-11-12-30-15-17)20-8-6-19(7-9-20)18-4-1-16(2-5-18)13-24(28)29/h6-9,16-18H,1-5,10-15H2,(H,28,29). The summed E-state index contributed by atoms with van der Waals surface area (Å²) in [5.74, 6) is 0.767. The van der Waals surface area contributed by atoms with E-state index in [1.54, 1.807) is 11.3 Å². The molecule has 1 aromatic carbocycles. The van der Waals surface area contributed by atoms with Crippen LogP contribution in [0.3, 0.4) is 0 Å². The number of hydrogen-bond donors (Lipinski definition) is 1. The van der Waals surface area contributed by atoms with Crippen LogP contribution in [0.25, 0.3) is 0 Å². The van der Waals surface area contributed by atoms with E-state index in [2.05, 4.69) is 22.3 Å². The van der Waals surface area contributed by atoms with Crippen molar-refractivity contribution in [3.63, 3.8) is 0 Å². The molecule has 1 saturated heterocycles. The topological polar surface area (TPSA) is 89.4 Å². The highest BCUT2D eigenvalue weighted by Gasteiger charge is 2.24. The number of aromatic nitrogens is 2. The van der Waals surface area contributed by atoms with Gasteiger partial charge in [0.2, 0.25) is 0 Å². The van der Waals surface area contributed by atoms with Crippen molar-refractivity contribution < 1.29 is 19.4 Å². The van der Waals surface area contributed by atoms with Gasteiger partial charge in [0.25, 0.3) is 0 Å². The molecule has 31 heavy (non-hydrogen) atoms. The lowest BCUT2D eigenvalue weighted by Gasteiger charge is -2.28. The second-order valence-electron chi connectivity index (χ2n) is 8.90. The van der Waals surface area contributed by atoms with Gasteiger partial charge in [0.15, 0.2) is 5.78 Å². The third kappa shape index (κ3) is 6.20. The Morgan fingerprint density at radius 1 is 1.00 bits per heavy atom. The molecule has 1 aromatic heterocycles. The summed E-state index contributed by atoms with van der Waals surface area (Å²) in [6.07, 6.45) is 7.65. The smallest absolute Gasteiger partial charge is 0.303 e. The predicted molar refractivity (Wildman–Crippen MR) is 119 cm³/mol. The van der Waals surface area contributed by atoms with E-state index < -0.39 is 5.97 Å². The number of ketones is 1. The normalized spacial score (nSPS) is 23.7. The maximum absolute atomic E-state index is 12.7. The fourth-order valence-corrected chi connectivity index (χ4v) is 5.59. The number of nitrogens with zero attached hydrogens (tertiary/aromatic N) is 2. The Labute approximate surface area is 187 Å². The Balaban J connectivity index is 1.26. The molecular formula is C24H30N2O4S. The number of carbonyl (C=O) groups excluding carboxylic acids is 1. The molecule has 2 heterocycles. The van der Waals surface area contributed by atoms with Gasteiger partial charge in [-0.3, -0.25) is 9.59 Å². The number of aliphatic carboxylic acids is 1. The van der Waals surface area contributed by atoms with Gasteiger partial charge < -0.3 is 9.84 Å². The molecule has 1 atom stereocenters. The number of aryl methyl sites for hydroxylation is 1. The molecule has 4 rings (SSSR count). The van der Waals surface area contributed by atoms with Gasteiger partial charge in [-0.25, -0.2) is 0 Å². The van der Waals surface area contributed by atoms with Crippen LogP contribution < -0.4 is 0 Å². The Morgan fingerprint density at radius 3 is 2.42 bits per heavy atom. The van der Waals surface area contributed by atoms with Gasteiger partial charge in [0, 0.05) is 31.6 Å². The Bertz CT molecular complexity index is 881. The number of Topliss-reactive ketones (excluding diaryl/α,β-unsaturated/α-hetero) is 1. The van der Waals surface area contributed by atoms with Crippen molar-refractivity contribution in [2.24, 2.45) is 11.8 Å². The maximum Gasteiger partial charge on any atom is 0.303 e. The number of benzene rings is 1. The number of carboxylic acids is 1. The summed E-state index contributed by atoms with van der Waals surface area (Å²) < 4.78 is 5.42. The van der Waals surface area contributed by atoms with Crippen LogP contribution in [-0.4, -0.2) is 40.3 Å². The summed E-state index contributed by atoms with van der Waals surface area (Å²) >= 11 is 1.54. The average Bonchev–Trinajstić information content (AvgIpc) is 3.44. The van der Waals surface area contributed by atoms with E-state index in [0.29, 0.717) is 29.7 Å². The van der Waals surface area contributed by atoms with E-state index in [1.807, 2.05) is 12.1 Å². The molecule has 1 unspecified atom stereocenters. The minimum atomic E-state index is -0.697. The summed E-state index contributed by atoms with van der Waals surface area (Å²) in [7, 11) is 0. The highest BCUT2D eigenvalue weighted by molar-refractivity contribution is 7.11. The first-order chi connectivity index (χ1) is 15.1. The van der Waals surface area contributed by atoms with Crippen molar-refractivity contribution in [3.8, 4) is 0 Å². The minimum Gasteiger partial charge on any atom is -0.481 e. The van der Waals surface area contributed by atoms with Crippen molar-refractivity contribution in [1.29, 1.82) is 0 Å². The zero-order valence-corrected chi connectivity index (χ0v) is 18.6. The quantitative estimate of drug-likeness (QED) is 0.567.